The van der Waals surface area contributed by atoms with Crippen molar-refractivity contribution < 1.29 is 18.3 Å². The van der Waals surface area contributed by atoms with E-state index in [0.29, 0.717) is 16.7 Å². The molecule has 0 fully saturated rings. The van der Waals surface area contributed by atoms with E-state index in [-0.39, 0.29) is 17.7 Å². The molecule has 0 saturated heterocycles. The second-order valence-electron chi connectivity index (χ2n) is 6.42. The number of rotatable bonds is 2. The molecule has 0 amide bonds. The van der Waals surface area contributed by atoms with Gasteiger partial charge < -0.3 is 10.8 Å². The number of halogens is 3. The third kappa shape index (κ3) is 3.64. The van der Waals surface area contributed by atoms with E-state index in [1.807, 2.05) is 26.8 Å². The van der Waals surface area contributed by atoms with Gasteiger partial charge >= 0.3 is 6.18 Å². The summed E-state index contributed by atoms with van der Waals surface area (Å²) in [5.74, 6) is -0.0259. The van der Waals surface area contributed by atoms with E-state index in [2.05, 4.69) is 4.98 Å². The Morgan fingerprint density at radius 1 is 1.13 bits per heavy atom. The molecule has 1 aromatic carbocycles. The Labute approximate surface area is 133 Å². The number of phenols is 1. The first-order chi connectivity index (χ1) is 10.5. The number of alkyl halides is 3. The smallest absolute Gasteiger partial charge is 0.433 e. The van der Waals surface area contributed by atoms with Crippen LogP contribution in [0.2, 0.25) is 0 Å². The summed E-state index contributed by atoms with van der Waals surface area (Å²) in [4.78, 5) is 3.45. The molecule has 2 aromatic rings. The fourth-order valence-corrected chi connectivity index (χ4v) is 2.22. The van der Waals surface area contributed by atoms with Crippen molar-refractivity contribution in [2.24, 2.45) is 5.73 Å². The van der Waals surface area contributed by atoms with E-state index in [9.17, 15) is 18.3 Å². The zero-order valence-electron chi connectivity index (χ0n) is 13.2. The highest BCUT2D eigenvalue weighted by atomic mass is 19.4. The molecule has 1 aromatic heterocycles. The standard InChI is InChI=1S/C17H19F3N2O/c1-16(2,3)12-6-11(8-21)15(23)13(7-12)10-4-5-14(22-9-10)17(18,19)20/h4-7,9,23H,8,21H2,1-3H3. The van der Waals surface area contributed by atoms with Crippen molar-refractivity contribution in [1.82, 2.24) is 4.98 Å². The first-order valence-electron chi connectivity index (χ1n) is 7.14. The molecule has 0 radical (unpaired) electrons. The van der Waals surface area contributed by atoms with Gasteiger partial charge in [0.15, 0.2) is 0 Å². The maximum absolute atomic E-state index is 12.6. The average molecular weight is 324 g/mol. The van der Waals surface area contributed by atoms with Crippen molar-refractivity contribution in [1.29, 1.82) is 0 Å². The van der Waals surface area contributed by atoms with Crippen LogP contribution in [-0.4, -0.2) is 10.1 Å². The van der Waals surface area contributed by atoms with Crippen molar-refractivity contribution in [3.63, 3.8) is 0 Å². The summed E-state index contributed by atoms with van der Waals surface area (Å²) in [5, 5.41) is 10.3. The third-order valence-electron chi connectivity index (χ3n) is 3.64. The molecule has 3 nitrogen and oxygen atoms in total. The van der Waals surface area contributed by atoms with Gasteiger partial charge in [-0.3, -0.25) is 4.98 Å². The van der Waals surface area contributed by atoms with Crippen LogP contribution in [0.1, 0.15) is 37.6 Å². The second-order valence-corrected chi connectivity index (χ2v) is 6.42. The molecule has 0 atom stereocenters. The van der Waals surface area contributed by atoms with Crippen molar-refractivity contribution in [2.45, 2.75) is 38.9 Å². The Kier molecular flexibility index (Phi) is 4.39. The summed E-state index contributed by atoms with van der Waals surface area (Å²) in [6.45, 7) is 6.16. The number of benzene rings is 1. The first kappa shape index (κ1) is 17.3. The lowest BCUT2D eigenvalue weighted by Crippen LogP contribution is -2.13. The summed E-state index contributed by atoms with van der Waals surface area (Å²) in [6.07, 6.45) is -3.37. The molecule has 3 N–H and O–H groups in total. The lowest BCUT2D eigenvalue weighted by atomic mass is 9.84. The molecule has 1 heterocycles. The molecule has 0 saturated carbocycles. The number of pyridine rings is 1. The minimum atomic E-state index is -4.49. The molecule has 0 bridgehead atoms. The van der Waals surface area contributed by atoms with Gasteiger partial charge in [0.1, 0.15) is 11.4 Å². The van der Waals surface area contributed by atoms with Crippen LogP contribution in [0, 0.1) is 0 Å². The van der Waals surface area contributed by atoms with Crippen molar-refractivity contribution >= 4 is 0 Å². The first-order valence-corrected chi connectivity index (χ1v) is 7.14. The lowest BCUT2D eigenvalue weighted by molar-refractivity contribution is -0.141. The molecule has 0 unspecified atom stereocenters. The van der Waals surface area contributed by atoms with Crippen LogP contribution in [0.3, 0.4) is 0 Å². The van der Waals surface area contributed by atoms with Crippen molar-refractivity contribution in [2.75, 3.05) is 0 Å². The van der Waals surface area contributed by atoms with Crippen LogP contribution in [0.5, 0.6) is 5.75 Å². The van der Waals surface area contributed by atoms with Crippen LogP contribution in [0.15, 0.2) is 30.5 Å². The fourth-order valence-electron chi connectivity index (χ4n) is 2.22. The van der Waals surface area contributed by atoms with Gasteiger partial charge in [0.25, 0.3) is 0 Å². The van der Waals surface area contributed by atoms with Crippen LogP contribution in [0.25, 0.3) is 11.1 Å². The van der Waals surface area contributed by atoms with E-state index >= 15 is 0 Å². The predicted octanol–water partition coefficient (Wildman–Crippen LogP) is 4.23. The van der Waals surface area contributed by atoms with Crippen LogP contribution >= 0.6 is 0 Å². The zero-order chi connectivity index (χ0) is 17.4. The normalized spacial score (nSPS) is 12.5. The van der Waals surface area contributed by atoms with Crippen LogP contribution in [-0.2, 0) is 18.1 Å². The number of phenolic OH excluding ortho intramolecular Hbond substituents is 1. The van der Waals surface area contributed by atoms with E-state index in [4.69, 9.17) is 5.73 Å². The highest BCUT2D eigenvalue weighted by Crippen LogP contribution is 2.37. The van der Waals surface area contributed by atoms with Gasteiger partial charge in [0, 0.05) is 29.4 Å². The van der Waals surface area contributed by atoms with E-state index in [1.54, 1.807) is 6.07 Å². The van der Waals surface area contributed by atoms with Crippen molar-refractivity contribution in [3.05, 3.63) is 47.3 Å². The second kappa shape index (κ2) is 5.85. The van der Waals surface area contributed by atoms with Gasteiger partial charge in [0.2, 0.25) is 0 Å². The van der Waals surface area contributed by atoms with Crippen LogP contribution in [0.4, 0.5) is 13.2 Å². The van der Waals surface area contributed by atoms with Gasteiger partial charge in [-0.2, -0.15) is 13.2 Å². The van der Waals surface area contributed by atoms with E-state index < -0.39 is 11.9 Å². The van der Waals surface area contributed by atoms with E-state index in [1.165, 1.54) is 6.07 Å². The minimum Gasteiger partial charge on any atom is -0.507 e. The molecule has 124 valence electrons. The molecule has 2 rings (SSSR count). The number of hydrogen-bond donors (Lipinski definition) is 2. The van der Waals surface area contributed by atoms with Gasteiger partial charge in [0.05, 0.1) is 0 Å². The molecule has 6 heteroatoms. The molecular formula is C17H19F3N2O. The highest BCUT2D eigenvalue weighted by molar-refractivity contribution is 5.72. The Hall–Kier alpha value is -2.08. The predicted molar refractivity (Wildman–Crippen MR) is 82.9 cm³/mol. The SMILES string of the molecule is CC(C)(C)c1cc(CN)c(O)c(-c2ccc(C(F)(F)F)nc2)c1. The zero-order valence-corrected chi connectivity index (χ0v) is 13.2. The number of nitrogens with zero attached hydrogens (tertiary/aromatic N) is 1. The summed E-state index contributed by atoms with van der Waals surface area (Å²) in [5.41, 5.74) is 6.84. The molecule has 0 spiro atoms. The molecule has 0 aliphatic rings. The van der Waals surface area contributed by atoms with Gasteiger partial charge in [-0.15, -0.1) is 0 Å². The minimum absolute atomic E-state index is 0.0259. The number of aromatic hydroxyl groups is 1. The quantitative estimate of drug-likeness (QED) is 0.869. The average Bonchev–Trinajstić information content (AvgIpc) is 2.45. The fraction of sp³-hybridized carbons (Fsp3) is 0.353. The summed E-state index contributed by atoms with van der Waals surface area (Å²) in [7, 11) is 0. The maximum atomic E-state index is 12.6. The number of aromatic nitrogens is 1. The largest absolute Gasteiger partial charge is 0.507 e. The molecule has 0 aliphatic carbocycles. The maximum Gasteiger partial charge on any atom is 0.433 e. The van der Waals surface area contributed by atoms with Crippen LogP contribution < -0.4 is 5.73 Å². The Balaban J connectivity index is 2.58. The topological polar surface area (TPSA) is 59.1 Å². The number of nitrogens with two attached hydrogens (primary N) is 1. The molecule has 0 aliphatic heterocycles. The summed E-state index contributed by atoms with van der Waals surface area (Å²) in [6, 6.07) is 5.79. The highest BCUT2D eigenvalue weighted by Gasteiger charge is 2.32. The molecular weight excluding hydrogens is 305 g/mol. The Morgan fingerprint density at radius 2 is 1.78 bits per heavy atom. The van der Waals surface area contributed by atoms with Gasteiger partial charge in [-0.25, -0.2) is 0 Å². The summed E-state index contributed by atoms with van der Waals surface area (Å²) >= 11 is 0. The van der Waals surface area contributed by atoms with E-state index in [0.717, 1.165) is 17.8 Å². The lowest BCUT2D eigenvalue weighted by Gasteiger charge is -2.22. The molecule has 23 heavy (non-hydrogen) atoms. The summed E-state index contributed by atoms with van der Waals surface area (Å²) < 4.78 is 37.8. The monoisotopic (exact) mass is 324 g/mol. The Bertz CT molecular complexity index is 702. The van der Waals surface area contributed by atoms with Gasteiger partial charge in [-0.05, 0) is 23.1 Å². The van der Waals surface area contributed by atoms with Gasteiger partial charge in [-0.1, -0.05) is 32.9 Å². The number of hydrogen-bond acceptors (Lipinski definition) is 3. The Morgan fingerprint density at radius 3 is 2.22 bits per heavy atom. The van der Waals surface area contributed by atoms with Crippen molar-refractivity contribution in [3.8, 4) is 16.9 Å². The third-order valence-corrected chi connectivity index (χ3v) is 3.64.